The summed E-state index contributed by atoms with van der Waals surface area (Å²) in [5.74, 6) is -0.0923. The number of carbonyl (C=O) groups is 1. The van der Waals surface area contributed by atoms with Gasteiger partial charge in [-0.1, -0.05) is 6.92 Å². The van der Waals surface area contributed by atoms with E-state index in [1.165, 1.54) is 18.5 Å². The summed E-state index contributed by atoms with van der Waals surface area (Å²) in [5, 5.41) is 2.71. The highest BCUT2D eigenvalue weighted by Gasteiger charge is 2.14. The minimum absolute atomic E-state index is 0.0840. The monoisotopic (exact) mass is 348 g/mol. The van der Waals surface area contributed by atoms with Crippen molar-refractivity contribution in [3.05, 3.63) is 48.0 Å². The predicted octanol–water partition coefficient (Wildman–Crippen LogP) is 2.00. The van der Waals surface area contributed by atoms with E-state index in [1.54, 1.807) is 18.2 Å². The fraction of sp³-hybridized carbons (Fsp3) is 0.312. The summed E-state index contributed by atoms with van der Waals surface area (Å²) in [6.07, 6.45) is 2.58. The van der Waals surface area contributed by atoms with Gasteiger partial charge in [-0.15, -0.1) is 0 Å². The first-order chi connectivity index (χ1) is 11.4. The summed E-state index contributed by atoms with van der Waals surface area (Å²) in [7, 11) is -3.65. The summed E-state index contributed by atoms with van der Waals surface area (Å²) in [4.78, 5) is 19.6. The van der Waals surface area contributed by atoms with Crippen LogP contribution in [0, 0.1) is 6.92 Å². The molecule has 1 heterocycles. The first kappa shape index (κ1) is 18.0. The van der Waals surface area contributed by atoms with E-state index in [0.717, 1.165) is 12.1 Å². The quantitative estimate of drug-likeness (QED) is 0.797. The molecule has 0 aliphatic heterocycles. The number of rotatable bonds is 7. The molecule has 0 aliphatic carbocycles. The molecule has 2 aromatic rings. The molecule has 0 radical (unpaired) electrons. The van der Waals surface area contributed by atoms with Gasteiger partial charge in [-0.3, -0.25) is 4.79 Å². The van der Waals surface area contributed by atoms with Crippen LogP contribution in [0.4, 0.5) is 5.69 Å². The second-order valence-corrected chi connectivity index (χ2v) is 7.06. The van der Waals surface area contributed by atoms with E-state index in [-0.39, 0.29) is 17.3 Å². The third kappa shape index (κ3) is 5.10. The van der Waals surface area contributed by atoms with E-state index in [2.05, 4.69) is 20.0 Å². The van der Waals surface area contributed by atoms with Crippen LogP contribution < -0.4 is 10.0 Å². The molecule has 2 N–H and O–H groups in total. The summed E-state index contributed by atoms with van der Waals surface area (Å²) >= 11 is 0. The number of hydrogen-bond acceptors (Lipinski definition) is 5. The maximum Gasteiger partial charge on any atom is 0.240 e. The van der Waals surface area contributed by atoms with Gasteiger partial charge in [-0.25, -0.2) is 23.1 Å². The molecule has 0 atom stereocenters. The van der Waals surface area contributed by atoms with E-state index in [4.69, 9.17) is 0 Å². The number of nitrogens with zero attached hydrogens (tertiary/aromatic N) is 2. The number of aryl methyl sites for hydroxylation is 1. The van der Waals surface area contributed by atoms with E-state index in [1.807, 2.05) is 13.8 Å². The van der Waals surface area contributed by atoms with Gasteiger partial charge in [0.15, 0.2) is 0 Å². The molecule has 1 aromatic heterocycles. The van der Waals surface area contributed by atoms with Crippen molar-refractivity contribution in [3.63, 3.8) is 0 Å². The van der Waals surface area contributed by atoms with Gasteiger partial charge in [0.25, 0.3) is 0 Å². The Balaban J connectivity index is 2.02. The smallest absolute Gasteiger partial charge is 0.240 e. The van der Waals surface area contributed by atoms with Crippen LogP contribution in [0.2, 0.25) is 0 Å². The van der Waals surface area contributed by atoms with Crippen LogP contribution in [-0.4, -0.2) is 24.3 Å². The molecule has 7 nitrogen and oxygen atoms in total. The lowest BCUT2D eigenvalue weighted by molar-refractivity contribution is -0.116. The Bertz CT molecular complexity index is 804. The van der Waals surface area contributed by atoms with Crippen molar-refractivity contribution in [3.8, 4) is 0 Å². The largest absolute Gasteiger partial charge is 0.326 e. The topological polar surface area (TPSA) is 101 Å². The molecule has 0 spiro atoms. The average molecular weight is 348 g/mol. The molecule has 128 valence electrons. The highest BCUT2D eigenvalue weighted by atomic mass is 32.2. The Morgan fingerprint density at radius 3 is 2.50 bits per heavy atom. The SMILES string of the molecule is CCCC(=O)Nc1ccc(S(=O)(=O)NCc2cc(C)ncn2)cc1. The number of benzene rings is 1. The van der Waals surface area contributed by atoms with Gasteiger partial charge in [0.2, 0.25) is 15.9 Å². The number of amides is 1. The van der Waals surface area contributed by atoms with Gasteiger partial charge in [0, 0.05) is 17.8 Å². The lowest BCUT2D eigenvalue weighted by Gasteiger charge is -2.08. The van der Waals surface area contributed by atoms with Crippen molar-refractivity contribution in [1.82, 2.24) is 14.7 Å². The minimum Gasteiger partial charge on any atom is -0.326 e. The molecular formula is C16H20N4O3S. The van der Waals surface area contributed by atoms with Crippen LogP contribution in [0.25, 0.3) is 0 Å². The van der Waals surface area contributed by atoms with Gasteiger partial charge in [0.1, 0.15) is 6.33 Å². The molecular weight excluding hydrogens is 328 g/mol. The Morgan fingerprint density at radius 2 is 1.88 bits per heavy atom. The third-order valence-electron chi connectivity index (χ3n) is 3.23. The Labute approximate surface area is 141 Å². The van der Waals surface area contributed by atoms with Crippen LogP contribution in [-0.2, 0) is 21.4 Å². The van der Waals surface area contributed by atoms with Crippen LogP contribution >= 0.6 is 0 Å². The van der Waals surface area contributed by atoms with Gasteiger partial charge in [0.05, 0.1) is 17.1 Å². The highest BCUT2D eigenvalue weighted by molar-refractivity contribution is 7.89. The summed E-state index contributed by atoms with van der Waals surface area (Å²) in [6, 6.07) is 7.76. The van der Waals surface area contributed by atoms with Crippen molar-refractivity contribution in [2.24, 2.45) is 0 Å². The number of hydrogen-bond donors (Lipinski definition) is 2. The Kier molecular flexibility index (Phi) is 5.99. The second kappa shape index (κ2) is 7.98. The van der Waals surface area contributed by atoms with E-state index >= 15 is 0 Å². The number of anilines is 1. The lowest BCUT2D eigenvalue weighted by atomic mass is 10.3. The normalized spacial score (nSPS) is 11.2. The fourth-order valence-corrected chi connectivity index (χ4v) is 3.03. The highest BCUT2D eigenvalue weighted by Crippen LogP contribution is 2.14. The maximum atomic E-state index is 12.3. The zero-order chi connectivity index (χ0) is 17.6. The van der Waals surface area contributed by atoms with Crippen LogP contribution in [0.3, 0.4) is 0 Å². The standard InChI is InChI=1S/C16H20N4O3S/c1-3-4-16(21)20-13-5-7-15(8-6-13)24(22,23)19-10-14-9-12(2)17-11-18-14/h5-9,11,19H,3-4,10H2,1-2H3,(H,20,21). The number of carbonyl (C=O) groups excluding carboxylic acids is 1. The molecule has 0 aliphatic rings. The van der Waals surface area contributed by atoms with Crippen molar-refractivity contribution >= 4 is 21.6 Å². The first-order valence-corrected chi connectivity index (χ1v) is 9.06. The Morgan fingerprint density at radius 1 is 1.17 bits per heavy atom. The van der Waals surface area contributed by atoms with Crippen molar-refractivity contribution in [2.75, 3.05) is 5.32 Å². The van der Waals surface area contributed by atoms with Crippen LogP contribution in [0.1, 0.15) is 31.2 Å². The maximum absolute atomic E-state index is 12.3. The predicted molar refractivity (Wildman–Crippen MR) is 90.8 cm³/mol. The molecule has 24 heavy (non-hydrogen) atoms. The summed E-state index contributed by atoms with van der Waals surface area (Å²) in [5.41, 5.74) is 1.93. The van der Waals surface area contributed by atoms with Gasteiger partial charge in [-0.2, -0.15) is 0 Å². The van der Waals surface area contributed by atoms with Gasteiger partial charge < -0.3 is 5.32 Å². The van der Waals surface area contributed by atoms with Crippen molar-refractivity contribution in [1.29, 1.82) is 0 Å². The summed E-state index contributed by atoms with van der Waals surface area (Å²) in [6.45, 7) is 3.81. The van der Waals surface area contributed by atoms with Crippen molar-refractivity contribution in [2.45, 2.75) is 38.1 Å². The second-order valence-electron chi connectivity index (χ2n) is 5.30. The van der Waals surface area contributed by atoms with Gasteiger partial charge >= 0.3 is 0 Å². The molecule has 1 amide bonds. The average Bonchev–Trinajstić information content (AvgIpc) is 2.54. The zero-order valence-electron chi connectivity index (χ0n) is 13.6. The van der Waals surface area contributed by atoms with Crippen molar-refractivity contribution < 1.29 is 13.2 Å². The third-order valence-corrected chi connectivity index (χ3v) is 4.65. The zero-order valence-corrected chi connectivity index (χ0v) is 14.4. The van der Waals surface area contributed by atoms with Crippen LogP contribution in [0.15, 0.2) is 41.6 Å². The molecule has 8 heteroatoms. The van der Waals surface area contributed by atoms with E-state index in [9.17, 15) is 13.2 Å². The summed E-state index contributed by atoms with van der Waals surface area (Å²) < 4.78 is 27.1. The molecule has 0 unspecified atom stereocenters. The molecule has 0 fully saturated rings. The van der Waals surface area contributed by atoms with Gasteiger partial charge in [-0.05, 0) is 43.7 Å². The van der Waals surface area contributed by atoms with E-state index in [0.29, 0.717) is 17.8 Å². The van der Waals surface area contributed by atoms with Crippen LogP contribution in [0.5, 0.6) is 0 Å². The first-order valence-electron chi connectivity index (χ1n) is 7.58. The molecule has 0 saturated carbocycles. The number of sulfonamides is 1. The number of nitrogens with one attached hydrogen (secondary N) is 2. The minimum atomic E-state index is -3.65. The van der Waals surface area contributed by atoms with E-state index < -0.39 is 10.0 Å². The molecule has 2 rings (SSSR count). The fourth-order valence-electron chi connectivity index (χ4n) is 2.03. The molecule has 0 bridgehead atoms. The number of aromatic nitrogens is 2. The Hall–Kier alpha value is -2.32. The molecule has 1 aromatic carbocycles. The lowest BCUT2D eigenvalue weighted by Crippen LogP contribution is -2.23. The molecule has 0 saturated heterocycles.